The van der Waals surface area contributed by atoms with Crippen LogP contribution in [0.1, 0.15) is 0 Å². The van der Waals surface area contributed by atoms with Crippen molar-refractivity contribution in [3.05, 3.63) is 66.5 Å². The highest BCUT2D eigenvalue weighted by molar-refractivity contribution is 6.48. The molecule has 0 bridgehead atoms. The lowest BCUT2D eigenvalue weighted by atomic mass is 10.4. The molecule has 2 aromatic carbocycles. The Hall–Kier alpha value is 0.180. The minimum absolute atomic E-state index is 0.417. The molecule has 0 aromatic heterocycles. The quantitative estimate of drug-likeness (QED) is 0.431. The van der Waals surface area contributed by atoms with Gasteiger partial charge in [0.05, 0.1) is 30.1 Å². The molecule has 0 heterocycles. The molecule has 0 amide bonds. The lowest BCUT2D eigenvalue weighted by molar-refractivity contribution is 1.70. The van der Waals surface area contributed by atoms with Crippen LogP contribution in [0, 0.1) is 0 Å². The van der Waals surface area contributed by atoms with Gasteiger partial charge in [0.2, 0.25) is 0 Å². The van der Waals surface area contributed by atoms with E-state index in [0.29, 0.717) is 30.1 Å². The predicted molar refractivity (Wildman–Crippen MR) is 82.9 cm³/mol. The minimum Gasteiger partial charge on any atom is -0.0827 e. The van der Waals surface area contributed by atoms with Crippen molar-refractivity contribution >= 4 is 69.6 Å². The van der Waals surface area contributed by atoms with Crippen molar-refractivity contribution < 1.29 is 0 Å². The standard InChI is InChI=1S/2C6H3Cl3/c2*7-4-2-1-3-5(8)6(4)9/h2*1-3H. The van der Waals surface area contributed by atoms with Gasteiger partial charge in [0.1, 0.15) is 0 Å². The van der Waals surface area contributed by atoms with Gasteiger partial charge in [-0.15, -0.1) is 0 Å². The molecule has 2 rings (SSSR count). The summed E-state index contributed by atoms with van der Waals surface area (Å²) in [5.41, 5.74) is 0. The van der Waals surface area contributed by atoms with Crippen LogP contribution in [-0.4, -0.2) is 0 Å². The fourth-order valence-corrected chi connectivity index (χ4v) is 2.00. The van der Waals surface area contributed by atoms with Gasteiger partial charge in [0.25, 0.3) is 0 Å². The number of rotatable bonds is 0. The van der Waals surface area contributed by atoms with Gasteiger partial charge in [0.15, 0.2) is 0 Å². The Morgan fingerprint density at radius 1 is 0.444 bits per heavy atom. The van der Waals surface area contributed by atoms with Gasteiger partial charge in [-0.25, -0.2) is 0 Å². The number of hydrogen-bond donors (Lipinski definition) is 0. The Bertz CT molecular complexity index is 448. The summed E-state index contributed by atoms with van der Waals surface area (Å²) in [5.74, 6) is 0. The van der Waals surface area contributed by atoms with Crippen LogP contribution < -0.4 is 0 Å². The van der Waals surface area contributed by atoms with E-state index in [1.807, 2.05) is 0 Å². The fourth-order valence-electron chi connectivity index (χ4n) is 0.955. The third-order valence-corrected chi connectivity index (χ3v) is 4.27. The van der Waals surface area contributed by atoms with Crippen molar-refractivity contribution in [2.75, 3.05) is 0 Å². The van der Waals surface area contributed by atoms with Crippen LogP contribution in [0.25, 0.3) is 0 Å². The van der Waals surface area contributed by atoms with Gasteiger partial charge < -0.3 is 0 Å². The molecule has 0 nitrogen and oxygen atoms in total. The van der Waals surface area contributed by atoms with E-state index >= 15 is 0 Å². The Morgan fingerprint density at radius 3 is 0.833 bits per heavy atom. The van der Waals surface area contributed by atoms with E-state index in [1.165, 1.54) is 0 Å². The fraction of sp³-hybridized carbons (Fsp3) is 0. The summed E-state index contributed by atoms with van der Waals surface area (Å²) in [4.78, 5) is 0. The molecule has 0 saturated heterocycles. The summed E-state index contributed by atoms with van der Waals surface area (Å²) in [6.07, 6.45) is 0. The van der Waals surface area contributed by atoms with Gasteiger partial charge in [-0.05, 0) is 24.3 Å². The Kier molecular flexibility index (Phi) is 6.94. The number of hydrogen-bond acceptors (Lipinski definition) is 0. The van der Waals surface area contributed by atoms with E-state index in [1.54, 1.807) is 36.4 Å². The zero-order chi connectivity index (χ0) is 13.7. The van der Waals surface area contributed by atoms with Crippen LogP contribution in [0.3, 0.4) is 0 Å². The van der Waals surface area contributed by atoms with Gasteiger partial charge in [-0.3, -0.25) is 0 Å². The van der Waals surface area contributed by atoms with E-state index in [9.17, 15) is 0 Å². The van der Waals surface area contributed by atoms with E-state index < -0.39 is 0 Å². The Morgan fingerprint density at radius 2 is 0.667 bits per heavy atom. The first kappa shape index (κ1) is 16.2. The molecule has 0 N–H and O–H groups in total. The molecule has 6 heteroatoms. The van der Waals surface area contributed by atoms with Crippen molar-refractivity contribution in [1.29, 1.82) is 0 Å². The predicted octanol–water partition coefficient (Wildman–Crippen LogP) is 7.29. The van der Waals surface area contributed by atoms with Crippen molar-refractivity contribution in [3.8, 4) is 0 Å². The third kappa shape index (κ3) is 4.70. The molecule has 2 aromatic rings. The molecule has 0 aliphatic rings. The summed E-state index contributed by atoms with van der Waals surface area (Å²) < 4.78 is 0. The molecule has 0 saturated carbocycles. The van der Waals surface area contributed by atoms with Crippen LogP contribution in [-0.2, 0) is 0 Å². The number of benzene rings is 2. The van der Waals surface area contributed by atoms with Gasteiger partial charge >= 0.3 is 0 Å². The lowest BCUT2D eigenvalue weighted by Crippen LogP contribution is -1.67. The molecule has 18 heavy (non-hydrogen) atoms. The highest BCUT2D eigenvalue weighted by Crippen LogP contribution is 2.29. The Labute approximate surface area is 135 Å². The molecule has 0 atom stereocenters. The third-order valence-electron chi connectivity index (χ3n) is 1.81. The second kappa shape index (κ2) is 7.69. The summed E-state index contributed by atoms with van der Waals surface area (Å²) in [7, 11) is 0. The maximum atomic E-state index is 5.61. The largest absolute Gasteiger partial charge is 0.0827 e. The average molecular weight is 363 g/mol. The first-order valence-electron chi connectivity index (χ1n) is 4.62. The molecular formula is C12H6Cl6. The molecule has 0 aliphatic heterocycles. The van der Waals surface area contributed by atoms with Crippen LogP contribution in [0.5, 0.6) is 0 Å². The molecule has 0 spiro atoms. The summed E-state index contributed by atoms with van der Waals surface area (Å²) in [6.45, 7) is 0. The highest BCUT2D eigenvalue weighted by Gasteiger charge is 1.99. The zero-order valence-electron chi connectivity index (χ0n) is 8.73. The van der Waals surface area contributed by atoms with Crippen molar-refractivity contribution in [2.24, 2.45) is 0 Å². The number of halogens is 6. The van der Waals surface area contributed by atoms with E-state index in [2.05, 4.69) is 0 Å². The van der Waals surface area contributed by atoms with E-state index in [-0.39, 0.29) is 0 Å². The Balaban J connectivity index is 0.000000180. The summed E-state index contributed by atoms with van der Waals surface area (Å²) in [5, 5.41) is 2.79. The molecule has 0 unspecified atom stereocenters. The maximum absolute atomic E-state index is 5.61. The first-order chi connectivity index (χ1) is 8.43. The molecule has 0 aliphatic carbocycles. The maximum Gasteiger partial charge on any atom is 0.0778 e. The molecule has 0 radical (unpaired) electrons. The second-order valence-corrected chi connectivity index (χ2v) is 5.46. The normalized spacial score (nSPS) is 9.67. The average Bonchev–Trinajstić information content (AvgIpc) is 2.34. The monoisotopic (exact) mass is 360 g/mol. The first-order valence-corrected chi connectivity index (χ1v) is 6.89. The minimum atomic E-state index is 0.417. The molecular weight excluding hydrogens is 357 g/mol. The van der Waals surface area contributed by atoms with E-state index in [4.69, 9.17) is 69.6 Å². The SMILES string of the molecule is Clc1cccc(Cl)c1Cl.Clc1cccc(Cl)c1Cl. The van der Waals surface area contributed by atoms with Crippen LogP contribution >= 0.6 is 69.6 Å². The molecule has 0 fully saturated rings. The smallest absolute Gasteiger partial charge is 0.0778 e. The zero-order valence-corrected chi connectivity index (χ0v) is 13.3. The van der Waals surface area contributed by atoms with Crippen LogP contribution in [0.2, 0.25) is 30.1 Å². The van der Waals surface area contributed by atoms with Gasteiger partial charge in [-0.2, -0.15) is 0 Å². The summed E-state index contributed by atoms with van der Waals surface area (Å²) in [6, 6.07) is 10.3. The van der Waals surface area contributed by atoms with Crippen molar-refractivity contribution in [3.63, 3.8) is 0 Å². The van der Waals surface area contributed by atoms with E-state index in [0.717, 1.165) is 0 Å². The second-order valence-electron chi connectivity index (χ2n) is 3.07. The molecule has 96 valence electrons. The van der Waals surface area contributed by atoms with Crippen molar-refractivity contribution in [2.45, 2.75) is 0 Å². The highest BCUT2D eigenvalue weighted by atomic mass is 35.5. The van der Waals surface area contributed by atoms with Gasteiger partial charge in [-0.1, -0.05) is 81.7 Å². The van der Waals surface area contributed by atoms with Crippen LogP contribution in [0.4, 0.5) is 0 Å². The summed E-state index contributed by atoms with van der Waals surface area (Å²) >= 11 is 33.6. The van der Waals surface area contributed by atoms with Crippen molar-refractivity contribution in [1.82, 2.24) is 0 Å². The topological polar surface area (TPSA) is 0 Å². The van der Waals surface area contributed by atoms with Gasteiger partial charge in [0, 0.05) is 0 Å². The van der Waals surface area contributed by atoms with Crippen LogP contribution in [0.15, 0.2) is 36.4 Å². The lowest BCUT2D eigenvalue weighted by Gasteiger charge is -1.94.